The van der Waals surface area contributed by atoms with Crippen LogP contribution in [0.2, 0.25) is 0 Å². The van der Waals surface area contributed by atoms with Crippen molar-refractivity contribution >= 4 is 16.9 Å². The predicted molar refractivity (Wildman–Crippen MR) is 85.1 cm³/mol. The van der Waals surface area contributed by atoms with Crippen molar-refractivity contribution < 1.29 is 18.5 Å². The van der Waals surface area contributed by atoms with Crippen LogP contribution in [0.1, 0.15) is 16.2 Å². The van der Waals surface area contributed by atoms with Crippen LogP contribution in [0.5, 0.6) is 0 Å². The Labute approximate surface area is 136 Å². The number of hydrogen-bond donors (Lipinski definition) is 0. The molecule has 3 heterocycles. The van der Waals surface area contributed by atoms with Crippen molar-refractivity contribution in [2.45, 2.75) is 6.61 Å². The van der Waals surface area contributed by atoms with Gasteiger partial charge in [-0.05, 0) is 24.3 Å². The molecule has 118 valence electrons. The van der Waals surface area contributed by atoms with Crippen LogP contribution >= 0.6 is 0 Å². The Bertz CT molecular complexity index is 955. The highest BCUT2D eigenvalue weighted by molar-refractivity contribution is 5.87. The number of nitrogens with zero attached hydrogens (tertiary/aromatic N) is 2. The van der Waals surface area contributed by atoms with Crippen molar-refractivity contribution in [2.24, 2.45) is 0 Å². The molecule has 0 unspecified atom stereocenters. The molecule has 0 saturated carbocycles. The molecule has 0 N–H and O–H groups in total. The first kappa shape index (κ1) is 14.2. The number of rotatable bonds is 4. The van der Waals surface area contributed by atoms with Gasteiger partial charge in [0.15, 0.2) is 5.76 Å². The molecule has 0 aliphatic heterocycles. The Morgan fingerprint density at radius 3 is 2.75 bits per heavy atom. The molecule has 24 heavy (non-hydrogen) atoms. The summed E-state index contributed by atoms with van der Waals surface area (Å²) in [5.41, 5.74) is 1.51. The van der Waals surface area contributed by atoms with Gasteiger partial charge in [0, 0.05) is 17.6 Å². The van der Waals surface area contributed by atoms with Gasteiger partial charge in [0.25, 0.3) is 0 Å². The molecule has 0 spiro atoms. The molecule has 4 rings (SSSR count). The molecule has 0 aliphatic rings. The van der Waals surface area contributed by atoms with E-state index in [0.29, 0.717) is 17.2 Å². The molecule has 4 aromatic rings. The van der Waals surface area contributed by atoms with E-state index in [1.54, 1.807) is 24.3 Å². The summed E-state index contributed by atoms with van der Waals surface area (Å²) in [7, 11) is 0. The van der Waals surface area contributed by atoms with E-state index in [0.717, 1.165) is 11.0 Å². The van der Waals surface area contributed by atoms with Crippen LogP contribution in [-0.4, -0.2) is 16.1 Å². The lowest BCUT2D eigenvalue weighted by Crippen LogP contribution is -2.06. The van der Waals surface area contributed by atoms with E-state index in [4.69, 9.17) is 13.7 Å². The van der Waals surface area contributed by atoms with Crippen LogP contribution in [-0.2, 0) is 11.3 Å². The Balaban J connectivity index is 1.48. The standard InChI is InChI=1S/C18H12N2O4/c21-18(14-6-3-4-8-19-14)22-11-13-10-17(24-20-13)16-9-12-5-1-2-7-15(12)23-16/h1-10H,11H2. The number of hydrogen-bond acceptors (Lipinski definition) is 6. The first-order valence-corrected chi connectivity index (χ1v) is 7.32. The summed E-state index contributed by atoms with van der Waals surface area (Å²) in [4.78, 5) is 15.8. The minimum Gasteiger partial charge on any atom is -0.454 e. The minimum absolute atomic E-state index is 0.000857. The quantitative estimate of drug-likeness (QED) is 0.532. The number of ether oxygens (including phenoxy) is 1. The highest BCUT2D eigenvalue weighted by atomic mass is 16.5. The van der Waals surface area contributed by atoms with E-state index < -0.39 is 5.97 Å². The molecule has 0 aliphatic carbocycles. The van der Waals surface area contributed by atoms with Crippen molar-refractivity contribution in [2.75, 3.05) is 0 Å². The highest BCUT2D eigenvalue weighted by Crippen LogP contribution is 2.28. The fraction of sp³-hybridized carbons (Fsp3) is 0.0556. The van der Waals surface area contributed by atoms with Crippen LogP contribution in [0.4, 0.5) is 0 Å². The van der Waals surface area contributed by atoms with Gasteiger partial charge < -0.3 is 13.7 Å². The number of carbonyl (C=O) groups is 1. The van der Waals surface area contributed by atoms with E-state index in [9.17, 15) is 4.79 Å². The van der Waals surface area contributed by atoms with Crippen molar-refractivity contribution in [3.05, 3.63) is 72.2 Å². The monoisotopic (exact) mass is 320 g/mol. The molecule has 0 bridgehead atoms. The molecule has 0 amide bonds. The zero-order chi connectivity index (χ0) is 16.4. The Kier molecular flexibility index (Phi) is 3.55. The summed E-state index contributed by atoms with van der Waals surface area (Å²) < 4.78 is 16.1. The summed E-state index contributed by atoms with van der Waals surface area (Å²) in [5, 5.41) is 4.87. The highest BCUT2D eigenvalue weighted by Gasteiger charge is 2.14. The minimum atomic E-state index is -0.510. The van der Waals surface area contributed by atoms with Gasteiger partial charge in [0.05, 0.1) is 0 Å². The predicted octanol–water partition coefficient (Wildman–Crippen LogP) is 3.84. The van der Waals surface area contributed by atoms with Crippen LogP contribution < -0.4 is 0 Å². The van der Waals surface area contributed by atoms with E-state index in [1.165, 1.54) is 6.20 Å². The van der Waals surface area contributed by atoms with E-state index in [1.807, 2.05) is 30.3 Å². The smallest absolute Gasteiger partial charge is 0.357 e. The van der Waals surface area contributed by atoms with Crippen molar-refractivity contribution in [3.8, 4) is 11.5 Å². The fourth-order valence-electron chi connectivity index (χ4n) is 2.30. The summed E-state index contributed by atoms with van der Waals surface area (Å²) in [5.74, 6) is 0.546. The third kappa shape index (κ3) is 2.77. The van der Waals surface area contributed by atoms with Gasteiger partial charge in [-0.1, -0.05) is 29.4 Å². The maximum atomic E-state index is 11.9. The number of furan rings is 1. The van der Waals surface area contributed by atoms with Crippen LogP contribution in [0.3, 0.4) is 0 Å². The SMILES string of the molecule is O=C(OCc1cc(-c2cc3ccccc3o2)on1)c1ccccn1. The molecular formula is C18H12N2O4. The zero-order valence-electron chi connectivity index (χ0n) is 12.5. The normalized spacial score (nSPS) is 10.8. The average Bonchev–Trinajstić information content (AvgIpc) is 3.27. The van der Waals surface area contributed by atoms with E-state index in [2.05, 4.69) is 10.1 Å². The van der Waals surface area contributed by atoms with Gasteiger partial charge in [0.2, 0.25) is 5.76 Å². The number of fused-ring (bicyclic) bond motifs is 1. The number of pyridine rings is 1. The molecule has 3 aromatic heterocycles. The molecule has 0 fully saturated rings. The summed E-state index contributed by atoms with van der Waals surface area (Å²) in [6.45, 7) is -0.000857. The van der Waals surface area contributed by atoms with Crippen LogP contribution in [0, 0.1) is 0 Å². The molecule has 0 radical (unpaired) electrons. The van der Waals surface area contributed by atoms with E-state index >= 15 is 0 Å². The number of esters is 1. The average molecular weight is 320 g/mol. The lowest BCUT2D eigenvalue weighted by atomic mass is 10.2. The zero-order valence-corrected chi connectivity index (χ0v) is 12.5. The second-order valence-electron chi connectivity index (χ2n) is 5.12. The topological polar surface area (TPSA) is 78.4 Å². The van der Waals surface area contributed by atoms with Gasteiger partial charge in [-0.15, -0.1) is 0 Å². The maximum Gasteiger partial charge on any atom is 0.357 e. The molecule has 0 atom stereocenters. The summed E-state index contributed by atoms with van der Waals surface area (Å²) in [6.07, 6.45) is 1.53. The lowest BCUT2D eigenvalue weighted by molar-refractivity contribution is 0.0457. The van der Waals surface area contributed by atoms with Crippen molar-refractivity contribution in [3.63, 3.8) is 0 Å². The van der Waals surface area contributed by atoms with Crippen LogP contribution in [0.15, 0.2) is 69.7 Å². The van der Waals surface area contributed by atoms with Gasteiger partial charge in [-0.25, -0.2) is 9.78 Å². The third-order valence-corrected chi connectivity index (χ3v) is 3.45. The van der Waals surface area contributed by atoms with Gasteiger partial charge in [0.1, 0.15) is 23.6 Å². The second kappa shape index (κ2) is 6.00. The Hall–Kier alpha value is -3.41. The molecule has 6 heteroatoms. The molecule has 0 saturated heterocycles. The Morgan fingerprint density at radius 1 is 1.04 bits per heavy atom. The van der Waals surface area contributed by atoms with Crippen molar-refractivity contribution in [1.29, 1.82) is 0 Å². The molecule has 1 aromatic carbocycles. The van der Waals surface area contributed by atoms with Gasteiger partial charge in [-0.3, -0.25) is 0 Å². The first-order valence-electron chi connectivity index (χ1n) is 7.32. The van der Waals surface area contributed by atoms with Crippen LogP contribution in [0.25, 0.3) is 22.5 Å². The number of carbonyl (C=O) groups excluding carboxylic acids is 1. The number of aromatic nitrogens is 2. The second-order valence-corrected chi connectivity index (χ2v) is 5.12. The summed E-state index contributed by atoms with van der Waals surface area (Å²) >= 11 is 0. The maximum absolute atomic E-state index is 11.9. The fourth-order valence-corrected chi connectivity index (χ4v) is 2.30. The number of para-hydroxylation sites is 1. The van der Waals surface area contributed by atoms with E-state index in [-0.39, 0.29) is 12.3 Å². The largest absolute Gasteiger partial charge is 0.454 e. The summed E-state index contributed by atoms with van der Waals surface area (Å²) in [6, 6.07) is 16.3. The lowest BCUT2D eigenvalue weighted by Gasteiger charge is -2.00. The third-order valence-electron chi connectivity index (χ3n) is 3.45. The molecular weight excluding hydrogens is 308 g/mol. The number of benzene rings is 1. The molecule has 6 nitrogen and oxygen atoms in total. The van der Waals surface area contributed by atoms with Gasteiger partial charge >= 0.3 is 5.97 Å². The first-order chi connectivity index (χ1) is 11.8. The Morgan fingerprint density at radius 2 is 1.92 bits per heavy atom. The van der Waals surface area contributed by atoms with Crippen molar-refractivity contribution in [1.82, 2.24) is 10.1 Å². The van der Waals surface area contributed by atoms with Gasteiger partial charge in [-0.2, -0.15) is 0 Å².